The summed E-state index contributed by atoms with van der Waals surface area (Å²) in [4.78, 5) is 15.8. The first-order valence-corrected chi connectivity index (χ1v) is 23.7. The summed E-state index contributed by atoms with van der Waals surface area (Å²) >= 11 is 0. The van der Waals surface area contributed by atoms with Gasteiger partial charge in [-0.25, -0.2) is 15.0 Å². The monoisotopic (exact) mass is 892 g/mol. The quantitative estimate of drug-likeness (QED) is 0.160. The van der Waals surface area contributed by atoms with Crippen LogP contribution in [0.15, 0.2) is 247 Å². The predicted octanol–water partition coefficient (Wildman–Crippen LogP) is 17.2. The lowest BCUT2D eigenvalue weighted by molar-refractivity contribution is 0.669. The van der Waals surface area contributed by atoms with Gasteiger partial charge >= 0.3 is 0 Å². The van der Waals surface area contributed by atoms with Gasteiger partial charge < -0.3 is 8.98 Å². The minimum atomic E-state index is 0.579. The molecular weight excluding hydrogens is 853 g/mol. The molecule has 0 amide bonds. The van der Waals surface area contributed by atoms with E-state index in [-0.39, 0.29) is 0 Å². The molecule has 3 aromatic heterocycles. The molecule has 0 saturated carbocycles. The summed E-state index contributed by atoms with van der Waals surface area (Å²) in [5.41, 5.74) is 14.3. The van der Waals surface area contributed by atoms with Gasteiger partial charge in [0.05, 0.1) is 16.7 Å². The van der Waals surface area contributed by atoms with Gasteiger partial charge in [-0.15, -0.1) is 0 Å². The molecule has 5 nitrogen and oxygen atoms in total. The van der Waals surface area contributed by atoms with Crippen molar-refractivity contribution >= 4 is 65.3 Å². The van der Waals surface area contributed by atoms with Crippen LogP contribution in [0.4, 0.5) is 0 Å². The Hall–Kier alpha value is -9.45. The summed E-state index contributed by atoms with van der Waals surface area (Å²) in [5, 5.41) is 9.30. The zero-order valence-electron chi connectivity index (χ0n) is 37.8. The highest BCUT2D eigenvalue weighted by atomic mass is 16.3. The summed E-state index contributed by atoms with van der Waals surface area (Å²) < 4.78 is 9.01. The van der Waals surface area contributed by atoms with E-state index in [1.807, 2.05) is 24.3 Å². The molecule has 14 aromatic rings. The molecule has 0 atom stereocenters. The predicted molar refractivity (Wildman–Crippen MR) is 289 cm³/mol. The highest BCUT2D eigenvalue weighted by Gasteiger charge is 2.22. The molecule has 0 unspecified atom stereocenters. The fraction of sp³-hybridized carbons (Fsp3) is 0. The van der Waals surface area contributed by atoms with Crippen molar-refractivity contribution in [3.63, 3.8) is 0 Å². The summed E-state index contributed by atoms with van der Waals surface area (Å²) in [6.45, 7) is 0. The topological polar surface area (TPSA) is 56.7 Å². The van der Waals surface area contributed by atoms with E-state index in [1.165, 1.54) is 32.3 Å². The number of furan rings is 1. The molecule has 0 fully saturated rings. The number of para-hydroxylation sites is 1. The molecule has 0 bridgehead atoms. The second-order valence-electron chi connectivity index (χ2n) is 18.0. The highest BCUT2D eigenvalue weighted by molar-refractivity contribution is 6.18. The zero-order valence-corrected chi connectivity index (χ0v) is 37.8. The number of hydrogen-bond acceptors (Lipinski definition) is 4. The largest absolute Gasteiger partial charge is 0.456 e. The Morgan fingerprint density at radius 1 is 0.286 bits per heavy atom. The number of nitrogens with zero attached hydrogens (tertiary/aromatic N) is 4. The lowest BCUT2D eigenvalue weighted by atomic mass is 9.95. The summed E-state index contributed by atoms with van der Waals surface area (Å²) in [6, 6.07) is 86.0. The Morgan fingerprint density at radius 2 is 0.714 bits per heavy atom. The number of aromatic nitrogens is 4. The molecule has 0 aliphatic heterocycles. The van der Waals surface area contributed by atoms with E-state index in [4.69, 9.17) is 19.4 Å². The standard InChI is InChI=1S/C65H40N4O/c1-3-14-41(15-4-1)43-26-30-45(31-27-43)63-66-64(46-32-28-44(29-33-46)42-16-5-2-6-17-42)68-65(67-63)51-34-35-57(54(38-51)52-23-13-25-61-62(52)53-22-11-12-24-60(53)70-61)69-58-39-49-20-9-7-18-47(49)36-55(58)56-37-48-19-8-10-21-50(48)40-59(56)69/h1-40H. The van der Waals surface area contributed by atoms with E-state index in [1.54, 1.807) is 0 Å². The van der Waals surface area contributed by atoms with Crippen molar-refractivity contribution in [2.24, 2.45) is 0 Å². The maximum atomic E-state index is 6.56. The van der Waals surface area contributed by atoms with Gasteiger partial charge in [-0.2, -0.15) is 0 Å². The van der Waals surface area contributed by atoms with Crippen molar-refractivity contribution in [1.29, 1.82) is 0 Å². The van der Waals surface area contributed by atoms with E-state index in [0.717, 1.165) is 88.7 Å². The second kappa shape index (κ2) is 16.1. The van der Waals surface area contributed by atoms with Crippen molar-refractivity contribution < 1.29 is 4.42 Å². The van der Waals surface area contributed by atoms with E-state index in [2.05, 4.69) is 223 Å². The van der Waals surface area contributed by atoms with Crippen LogP contribution in [0.5, 0.6) is 0 Å². The van der Waals surface area contributed by atoms with Gasteiger partial charge in [0.25, 0.3) is 0 Å². The van der Waals surface area contributed by atoms with Crippen molar-refractivity contribution in [2.75, 3.05) is 0 Å². The molecule has 0 aliphatic carbocycles. The number of fused-ring (bicyclic) bond motifs is 8. The Morgan fingerprint density at radius 3 is 1.27 bits per heavy atom. The molecule has 11 aromatic carbocycles. The van der Waals surface area contributed by atoms with Crippen molar-refractivity contribution in [1.82, 2.24) is 19.5 Å². The molecule has 0 saturated heterocycles. The average molecular weight is 893 g/mol. The minimum absolute atomic E-state index is 0.579. The number of benzene rings is 11. The third-order valence-corrected chi connectivity index (χ3v) is 13.8. The summed E-state index contributed by atoms with van der Waals surface area (Å²) in [6.07, 6.45) is 0. The normalized spacial score (nSPS) is 11.7. The summed E-state index contributed by atoms with van der Waals surface area (Å²) in [5.74, 6) is 1.78. The van der Waals surface area contributed by atoms with Gasteiger partial charge in [0.1, 0.15) is 11.2 Å². The Kier molecular flexibility index (Phi) is 9.14. The fourth-order valence-electron chi connectivity index (χ4n) is 10.4. The Bertz CT molecular complexity index is 4130. The Balaban J connectivity index is 1.03. The molecule has 0 radical (unpaired) electrons. The van der Waals surface area contributed by atoms with Gasteiger partial charge in [0, 0.05) is 43.8 Å². The lowest BCUT2D eigenvalue weighted by Gasteiger charge is -2.17. The van der Waals surface area contributed by atoms with Crippen LogP contribution in [-0.2, 0) is 0 Å². The average Bonchev–Trinajstić information content (AvgIpc) is 3.97. The molecule has 5 heteroatoms. The van der Waals surface area contributed by atoms with Crippen LogP contribution >= 0.6 is 0 Å². The lowest BCUT2D eigenvalue weighted by Crippen LogP contribution is -2.02. The van der Waals surface area contributed by atoms with Crippen LogP contribution in [0.2, 0.25) is 0 Å². The Labute approximate surface area is 403 Å². The first-order valence-electron chi connectivity index (χ1n) is 23.7. The molecule has 0 aliphatic rings. The van der Waals surface area contributed by atoms with Gasteiger partial charge in [-0.1, -0.05) is 188 Å². The van der Waals surface area contributed by atoms with Gasteiger partial charge in [-0.05, 0) is 104 Å². The third-order valence-electron chi connectivity index (χ3n) is 13.8. The molecule has 0 spiro atoms. The van der Waals surface area contributed by atoms with Gasteiger partial charge in [0.15, 0.2) is 17.5 Å². The number of hydrogen-bond donors (Lipinski definition) is 0. The smallest absolute Gasteiger partial charge is 0.164 e. The van der Waals surface area contributed by atoms with E-state index in [9.17, 15) is 0 Å². The van der Waals surface area contributed by atoms with Crippen LogP contribution in [0.3, 0.4) is 0 Å². The van der Waals surface area contributed by atoms with E-state index >= 15 is 0 Å². The maximum Gasteiger partial charge on any atom is 0.164 e. The number of rotatable bonds is 7. The van der Waals surface area contributed by atoms with Crippen molar-refractivity contribution in [3.05, 3.63) is 243 Å². The van der Waals surface area contributed by atoms with Crippen molar-refractivity contribution in [2.45, 2.75) is 0 Å². The molecule has 3 heterocycles. The van der Waals surface area contributed by atoms with Gasteiger partial charge in [-0.3, -0.25) is 0 Å². The van der Waals surface area contributed by atoms with Crippen LogP contribution in [-0.4, -0.2) is 19.5 Å². The molecule has 0 N–H and O–H groups in total. The first kappa shape index (κ1) is 39.7. The van der Waals surface area contributed by atoms with Crippen LogP contribution < -0.4 is 0 Å². The molecular formula is C65H40N4O. The SMILES string of the molecule is c1ccc(-c2ccc(-c3nc(-c4ccc(-c5ccccc5)cc4)nc(-c4ccc(-n5c6cc7ccccc7cc6c6cc7ccccc7cc65)c(-c5cccc6oc7ccccc7c56)c4)n3)cc2)cc1. The van der Waals surface area contributed by atoms with E-state index < -0.39 is 0 Å². The maximum absolute atomic E-state index is 6.56. The first-order chi connectivity index (χ1) is 34.7. The molecule has 326 valence electrons. The fourth-order valence-corrected chi connectivity index (χ4v) is 10.4. The van der Waals surface area contributed by atoms with Crippen LogP contribution in [0.1, 0.15) is 0 Å². The van der Waals surface area contributed by atoms with Gasteiger partial charge in [0.2, 0.25) is 0 Å². The molecule has 70 heavy (non-hydrogen) atoms. The molecule has 14 rings (SSSR count). The minimum Gasteiger partial charge on any atom is -0.456 e. The van der Waals surface area contributed by atoms with Crippen LogP contribution in [0.25, 0.3) is 139 Å². The van der Waals surface area contributed by atoms with E-state index in [0.29, 0.717) is 17.5 Å². The third kappa shape index (κ3) is 6.67. The highest BCUT2D eigenvalue weighted by Crippen LogP contribution is 2.44. The second-order valence-corrected chi connectivity index (χ2v) is 18.0. The van der Waals surface area contributed by atoms with Crippen LogP contribution in [0, 0.1) is 0 Å². The zero-order chi connectivity index (χ0) is 46.1. The summed E-state index contributed by atoms with van der Waals surface area (Å²) in [7, 11) is 0. The van der Waals surface area contributed by atoms with Crippen molar-refractivity contribution in [3.8, 4) is 73.2 Å².